The minimum Gasteiger partial charge on any atom is -0.481 e. The Balaban J connectivity index is 2.15. The van der Waals surface area contributed by atoms with Gasteiger partial charge in [0, 0.05) is 6.42 Å². The molecule has 0 aromatic heterocycles. The lowest BCUT2D eigenvalue weighted by atomic mass is 9.87. The Morgan fingerprint density at radius 3 is 1.92 bits per heavy atom. The van der Waals surface area contributed by atoms with Crippen LogP contribution in [0.25, 0.3) is 0 Å². The van der Waals surface area contributed by atoms with Crippen LogP contribution in [0, 0.1) is 0 Å². The number of ether oxygens (including phenoxy) is 1. The molecule has 0 spiro atoms. The second kappa shape index (κ2) is 8.66. The Labute approximate surface area is 150 Å². The van der Waals surface area contributed by atoms with E-state index in [-0.39, 0.29) is 13.0 Å². The van der Waals surface area contributed by atoms with Crippen LogP contribution in [0.1, 0.15) is 17.5 Å². The van der Waals surface area contributed by atoms with Crippen molar-refractivity contribution in [1.29, 1.82) is 0 Å². The average Bonchev–Trinajstić information content (AvgIpc) is 2.61. The highest BCUT2D eigenvalue weighted by Gasteiger charge is 2.43. The van der Waals surface area contributed by atoms with E-state index in [1.807, 2.05) is 6.07 Å². The fraction of sp³-hybridized carbons (Fsp3) is 0.211. The lowest BCUT2D eigenvalue weighted by Gasteiger charge is -2.28. The van der Waals surface area contributed by atoms with Gasteiger partial charge in [-0.2, -0.15) is 0 Å². The van der Waals surface area contributed by atoms with Crippen molar-refractivity contribution in [3.05, 3.63) is 71.8 Å². The predicted molar refractivity (Wildman–Crippen MR) is 92.5 cm³/mol. The molecule has 3 N–H and O–H groups in total. The summed E-state index contributed by atoms with van der Waals surface area (Å²) >= 11 is 0. The van der Waals surface area contributed by atoms with Crippen molar-refractivity contribution >= 4 is 18.0 Å². The molecule has 0 aliphatic rings. The minimum absolute atomic E-state index is 0.0548. The number of carbonyl (C=O) groups excluding carboxylic acids is 1. The van der Waals surface area contributed by atoms with Gasteiger partial charge in [-0.1, -0.05) is 60.7 Å². The van der Waals surface area contributed by atoms with E-state index in [1.54, 1.807) is 54.6 Å². The summed E-state index contributed by atoms with van der Waals surface area (Å²) in [5.41, 5.74) is -0.703. The van der Waals surface area contributed by atoms with Crippen LogP contribution >= 0.6 is 0 Å². The second-order valence-electron chi connectivity index (χ2n) is 5.81. The summed E-state index contributed by atoms with van der Waals surface area (Å²) < 4.78 is 5.05. The maximum atomic E-state index is 12.1. The molecule has 0 aliphatic carbocycles. The van der Waals surface area contributed by atoms with Crippen LogP contribution in [0.3, 0.4) is 0 Å². The lowest BCUT2D eigenvalue weighted by molar-refractivity contribution is -0.151. The predicted octanol–water partition coefficient (Wildman–Crippen LogP) is 2.45. The SMILES string of the molecule is O=C(O)C[C@](Cc1ccccc1)(NC(=O)OCc1ccccc1)C(=O)O. The summed E-state index contributed by atoms with van der Waals surface area (Å²) in [5, 5.41) is 21.0. The van der Waals surface area contributed by atoms with Crippen LogP contribution in [0.4, 0.5) is 4.79 Å². The van der Waals surface area contributed by atoms with Crippen molar-refractivity contribution in [2.75, 3.05) is 0 Å². The first-order chi connectivity index (χ1) is 12.4. The molecule has 2 aromatic carbocycles. The highest BCUT2D eigenvalue weighted by Crippen LogP contribution is 2.19. The van der Waals surface area contributed by atoms with E-state index in [1.165, 1.54) is 0 Å². The topological polar surface area (TPSA) is 113 Å². The van der Waals surface area contributed by atoms with Crippen LogP contribution < -0.4 is 5.32 Å². The summed E-state index contributed by atoms with van der Waals surface area (Å²) in [4.78, 5) is 35.2. The van der Waals surface area contributed by atoms with Gasteiger partial charge in [-0.15, -0.1) is 0 Å². The number of nitrogens with one attached hydrogen (secondary N) is 1. The number of hydrogen-bond acceptors (Lipinski definition) is 4. The van der Waals surface area contributed by atoms with E-state index >= 15 is 0 Å². The van der Waals surface area contributed by atoms with Gasteiger partial charge in [0.15, 0.2) is 5.54 Å². The standard InChI is InChI=1S/C19H19NO6/c21-16(22)12-19(17(23)24,11-14-7-3-1-4-8-14)20-18(25)26-13-15-9-5-2-6-10-15/h1-10H,11-13H2,(H,20,25)(H,21,22)(H,23,24)/t19-/m0/s1. The quantitative estimate of drug-likeness (QED) is 0.669. The third-order valence-electron chi connectivity index (χ3n) is 3.77. The molecule has 1 amide bonds. The Hall–Kier alpha value is -3.35. The summed E-state index contributed by atoms with van der Waals surface area (Å²) in [6, 6.07) is 17.4. The van der Waals surface area contributed by atoms with Crippen molar-refractivity contribution in [1.82, 2.24) is 5.32 Å². The van der Waals surface area contributed by atoms with Crippen molar-refractivity contribution in [3.63, 3.8) is 0 Å². The summed E-state index contributed by atoms with van der Waals surface area (Å²) in [5.74, 6) is -2.79. The summed E-state index contributed by atoms with van der Waals surface area (Å²) in [6.07, 6.45) is -1.96. The van der Waals surface area contributed by atoms with Crippen LogP contribution in [0.15, 0.2) is 60.7 Å². The summed E-state index contributed by atoms with van der Waals surface area (Å²) in [6.45, 7) is -0.0548. The maximum absolute atomic E-state index is 12.1. The normalized spacial score (nSPS) is 12.6. The van der Waals surface area contributed by atoms with Gasteiger partial charge < -0.3 is 20.3 Å². The van der Waals surface area contributed by atoms with E-state index in [0.717, 1.165) is 5.56 Å². The Bertz CT molecular complexity index is 762. The van der Waals surface area contributed by atoms with E-state index in [2.05, 4.69) is 5.32 Å². The van der Waals surface area contributed by atoms with E-state index in [0.29, 0.717) is 5.56 Å². The third kappa shape index (κ3) is 5.34. The molecule has 0 saturated heterocycles. The average molecular weight is 357 g/mol. The molecule has 7 heteroatoms. The first-order valence-corrected chi connectivity index (χ1v) is 7.89. The fourth-order valence-electron chi connectivity index (χ4n) is 2.51. The number of alkyl carbamates (subject to hydrolysis) is 1. The second-order valence-corrected chi connectivity index (χ2v) is 5.81. The van der Waals surface area contributed by atoms with Crippen molar-refractivity contribution < 1.29 is 29.3 Å². The van der Waals surface area contributed by atoms with Gasteiger partial charge in [0.25, 0.3) is 0 Å². The van der Waals surface area contributed by atoms with Crippen LogP contribution in [-0.2, 0) is 27.4 Å². The fourth-order valence-corrected chi connectivity index (χ4v) is 2.51. The first kappa shape index (κ1) is 19.0. The van der Waals surface area contributed by atoms with E-state index in [9.17, 15) is 19.5 Å². The van der Waals surface area contributed by atoms with Crippen molar-refractivity contribution in [3.8, 4) is 0 Å². The zero-order valence-electron chi connectivity index (χ0n) is 13.9. The van der Waals surface area contributed by atoms with Crippen LogP contribution in [0.2, 0.25) is 0 Å². The molecular weight excluding hydrogens is 338 g/mol. The number of aliphatic carboxylic acids is 2. The zero-order valence-corrected chi connectivity index (χ0v) is 13.9. The van der Waals surface area contributed by atoms with Gasteiger partial charge in [0.1, 0.15) is 6.61 Å². The number of carboxylic acid groups (broad SMARTS) is 2. The smallest absolute Gasteiger partial charge is 0.408 e. The number of rotatable bonds is 8. The van der Waals surface area contributed by atoms with Gasteiger partial charge in [-0.3, -0.25) is 4.79 Å². The van der Waals surface area contributed by atoms with Crippen LogP contribution in [0.5, 0.6) is 0 Å². The lowest BCUT2D eigenvalue weighted by Crippen LogP contribution is -2.57. The zero-order chi connectivity index (χ0) is 19.0. The first-order valence-electron chi connectivity index (χ1n) is 7.89. The molecule has 26 heavy (non-hydrogen) atoms. The molecule has 136 valence electrons. The molecule has 0 radical (unpaired) electrons. The molecule has 7 nitrogen and oxygen atoms in total. The van der Waals surface area contributed by atoms with E-state index in [4.69, 9.17) is 9.84 Å². The Morgan fingerprint density at radius 1 is 0.885 bits per heavy atom. The molecule has 0 bridgehead atoms. The largest absolute Gasteiger partial charge is 0.481 e. The van der Waals surface area contributed by atoms with Gasteiger partial charge in [0.2, 0.25) is 0 Å². The molecule has 0 fully saturated rings. The van der Waals surface area contributed by atoms with Gasteiger partial charge in [0.05, 0.1) is 6.42 Å². The number of carboxylic acids is 2. The molecule has 1 atom stereocenters. The summed E-state index contributed by atoms with van der Waals surface area (Å²) in [7, 11) is 0. The molecule has 0 aliphatic heterocycles. The molecule has 0 saturated carbocycles. The number of hydrogen-bond donors (Lipinski definition) is 3. The van der Waals surface area contributed by atoms with Crippen molar-refractivity contribution in [2.24, 2.45) is 0 Å². The van der Waals surface area contributed by atoms with Gasteiger partial charge in [-0.05, 0) is 11.1 Å². The number of benzene rings is 2. The van der Waals surface area contributed by atoms with Crippen molar-refractivity contribution in [2.45, 2.75) is 25.0 Å². The molecule has 0 unspecified atom stereocenters. The number of amides is 1. The molecular formula is C19H19NO6. The maximum Gasteiger partial charge on any atom is 0.408 e. The Kier molecular flexibility index (Phi) is 6.32. The number of carbonyl (C=O) groups is 3. The Morgan fingerprint density at radius 2 is 1.42 bits per heavy atom. The highest BCUT2D eigenvalue weighted by molar-refractivity contribution is 5.89. The molecule has 2 rings (SSSR count). The van der Waals surface area contributed by atoms with Crippen LogP contribution in [-0.4, -0.2) is 33.8 Å². The minimum atomic E-state index is -2.01. The van der Waals surface area contributed by atoms with E-state index < -0.39 is 30.0 Å². The molecule has 2 aromatic rings. The van der Waals surface area contributed by atoms with Gasteiger partial charge in [-0.25, -0.2) is 9.59 Å². The van der Waals surface area contributed by atoms with Gasteiger partial charge >= 0.3 is 18.0 Å². The monoisotopic (exact) mass is 357 g/mol. The molecule has 0 heterocycles. The highest BCUT2D eigenvalue weighted by atomic mass is 16.5. The third-order valence-corrected chi connectivity index (χ3v) is 3.77.